The molecule has 1 heterocycles. The van der Waals surface area contributed by atoms with E-state index in [1.165, 1.54) is 0 Å². The first-order chi connectivity index (χ1) is 6.59. The van der Waals surface area contributed by atoms with Crippen LogP contribution in [0.1, 0.15) is 25.7 Å². The van der Waals surface area contributed by atoms with Crippen LogP contribution >= 0.6 is 0 Å². The molecule has 1 rings (SSSR count). The molecule has 80 valence electrons. The lowest BCUT2D eigenvalue weighted by atomic mass is 9.90. The maximum atomic E-state index is 10.7. The molecule has 0 saturated carbocycles. The van der Waals surface area contributed by atoms with Crippen LogP contribution in [-0.4, -0.2) is 29.6 Å². The van der Waals surface area contributed by atoms with Gasteiger partial charge in [0, 0.05) is 12.5 Å². The molecule has 1 aliphatic rings. The standard InChI is InChI=1S/C9H16N2O3/c10-8(12)2-1-7-5-6(9(13)14)3-4-11-7/h6-7,11H,1-5H2,(H2,10,12)(H,13,14). The predicted molar refractivity (Wildman–Crippen MR) is 50.6 cm³/mol. The maximum absolute atomic E-state index is 10.7. The van der Waals surface area contributed by atoms with Crippen molar-refractivity contribution in [3.8, 4) is 0 Å². The van der Waals surface area contributed by atoms with E-state index < -0.39 is 5.97 Å². The Balaban J connectivity index is 2.32. The number of nitrogens with two attached hydrogens (primary N) is 1. The van der Waals surface area contributed by atoms with Gasteiger partial charge in [0.25, 0.3) is 0 Å². The first-order valence-electron chi connectivity index (χ1n) is 4.84. The van der Waals surface area contributed by atoms with Crippen molar-refractivity contribution in [2.24, 2.45) is 11.7 Å². The Bertz CT molecular complexity index is 230. The van der Waals surface area contributed by atoms with Crippen LogP contribution in [0.25, 0.3) is 0 Å². The van der Waals surface area contributed by atoms with Gasteiger partial charge in [0.2, 0.25) is 5.91 Å². The van der Waals surface area contributed by atoms with Gasteiger partial charge in [0.05, 0.1) is 5.92 Å². The van der Waals surface area contributed by atoms with Crippen molar-refractivity contribution >= 4 is 11.9 Å². The molecule has 5 nitrogen and oxygen atoms in total. The molecule has 1 aliphatic heterocycles. The predicted octanol–water partition coefficient (Wildman–Crippen LogP) is -0.295. The molecule has 0 bridgehead atoms. The zero-order chi connectivity index (χ0) is 10.6. The van der Waals surface area contributed by atoms with Crippen LogP contribution in [0.5, 0.6) is 0 Å². The second kappa shape index (κ2) is 4.95. The van der Waals surface area contributed by atoms with Crippen molar-refractivity contribution in [2.75, 3.05) is 6.54 Å². The highest BCUT2D eigenvalue weighted by Crippen LogP contribution is 2.18. The van der Waals surface area contributed by atoms with Crippen LogP contribution in [0.2, 0.25) is 0 Å². The number of hydrogen-bond acceptors (Lipinski definition) is 3. The van der Waals surface area contributed by atoms with Gasteiger partial charge in [-0.15, -0.1) is 0 Å². The highest BCUT2D eigenvalue weighted by molar-refractivity contribution is 5.73. The maximum Gasteiger partial charge on any atom is 0.306 e. The molecule has 0 aromatic heterocycles. The SMILES string of the molecule is NC(=O)CCC1CC(C(=O)O)CCN1. The Morgan fingerprint density at radius 3 is 2.79 bits per heavy atom. The molecular weight excluding hydrogens is 184 g/mol. The fourth-order valence-corrected chi connectivity index (χ4v) is 1.77. The van der Waals surface area contributed by atoms with Gasteiger partial charge in [-0.25, -0.2) is 0 Å². The third-order valence-electron chi connectivity index (χ3n) is 2.58. The molecule has 2 atom stereocenters. The first kappa shape index (κ1) is 11.0. The lowest BCUT2D eigenvalue weighted by Gasteiger charge is -2.27. The van der Waals surface area contributed by atoms with Crippen LogP contribution < -0.4 is 11.1 Å². The largest absolute Gasteiger partial charge is 0.481 e. The van der Waals surface area contributed by atoms with Crippen LogP contribution in [0.3, 0.4) is 0 Å². The Hall–Kier alpha value is -1.10. The van der Waals surface area contributed by atoms with Crippen molar-refractivity contribution in [1.29, 1.82) is 0 Å². The second-order valence-corrected chi connectivity index (χ2v) is 3.72. The molecule has 0 aliphatic carbocycles. The molecule has 14 heavy (non-hydrogen) atoms. The van der Waals surface area contributed by atoms with E-state index in [2.05, 4.69) is 5.32 Å². The number of hydrogen-bond donors (Lipinski definition) is 3. The number of carbonyl (C=O) groups is 2. The third kappa shape index (κ3) is 3.33. The van der Waals surface area contributed by atoms with Gasteiger partial charge >= 0.3 is 5.97 Å². The van der Waals surface area contributed by atoms with Crippen molar-refractivity contribution in [3.05, 3.63) is 0 Å². The number of rotatable bonds is 4. The minimum atomic E-state index is -0.740. The van der Waals surface area contributed by atoms with Gasteiger partial charge in [-0.1, -0.05) is 0 Å². The molecule has 1 amide bonds. The Kier molecular flexibility index (Phi) is 3.88. The first-order valence-corrected chi connectivity index (χ1v) is 4.84. The van der Waals surface area contributed by atoms with E-state index in [0.717, 1.165) is 0 Å². The summed E-state index contributed by atoms with van der Waals surface area (Å²) in [5.74, 6) is -1.34. The zero-order valence-electron chi connectivity index (χ0n) is 8.03. The average Bonchev–Trinajstić information content (AvgIpc) is 2.15. The molecule has 4 N–H and O–H groups in total. The molecule has 0 aromatic carbocycles. The summed E-state index contributed by atoms with van der Waals surface area (Å²) >= 11 is 0. The molecule has 1 fully saturated rings. The van der Waals surface area contributed by atoms with Gasteiger partial charge in [-0.2, -0.15) is 0 Å². The number of aliphatic carboxylic acids is 1. The van der Waals surface area contributed by atoms with Crippen LogP contribution in [0.4, 0.5) is 0 Å². The molecule has 1 saturated heterocycles. The summed E-state index contributed by atoms with van der Waals surface area (Å²) in [7, 11) is 0. The molecule has 0 spiro atoms. The second-order valence-electron chi connectivity index (χ2n) is 3.72. The highest BCUT2D eigenvalue weighted by atomic mass is 16.4. The van der Waals surface area contributed by atoms with E-state index in [9.17, 15) is 9.59 Å². The molecule has 0 radical (unpaired) electrons. The van der Waals surface area contributed by atoms with Crippen LogP contribution in [-0.2, 0) is 9.59 Å². The van der Waals surface area contributed by atoms with E-state index in [4.69, 9.17) is 10.8 Å². The number of carbonyl (C=O) groups excluding carboxylic acids is 1. The van der Waals surface area contributed by atoms with E-state index in [1.807, 2.05) is 0 Å². The summed E-state index contributed by atoms with van der Waals surface area (Å²) in [6, 6.07) is 0.123. The summed E-state index contributed by atoms with van der Waals surface area (Å²) in [6.45, 7) is 0.709. The normalized spacial score (nSPS) is 27.1. The quantitative estimate of drug-likeness (QED) is 0.581. The molecule has 0 aromatic rings. The average molecular weight is 200 g/mol. The number of carboxylic acids is 1. The van der Waals surface area contributed by atoms with Crippen molar-refractivity contribution in [3.63, 3.8) is 0 Å². The van der Waals surface area contributed by atoms with Gasteiger partial charge in [0.15, 0.2) is 0 Å². The Morgan fingerprint density at radius 2 is 2.21 bits per heavy atom. The summed E-state index contributed by atoms with van der Waals surface area (Å²) in [5.41, 5.74) is 5.02. The molecule has 5 heteroatoms. The number of amides is 1. The minimum absolute atomic E-state index is 0.123. The number of primary amides is 1. The van der Waals surface area contributed by atoms with E-state index in [1.54, 1.807) is 0 Å². The van der Waals surface area contributed by atoms with E-state index in [-0.39, 0.29) is 17.9 Å². The van der Waals surface area contributed by atoms with Crippen molar-refractivity contribution in [2.45, 2.75) is 31.7 Å². The fraction of sp³-hybridized carbons (Fsp3) is 0.778. The summed E-state index contributed by atoms with van der Waals surface area (Å²) < 4.78 is 0. The third-order valence-corrected chi connectivity index (χ3v) is 2.58. The molecular formula is C9H16N2O3. The van der Waals surface area contributed by atoms with Crippen LogP contribution in [0.15, 0.2) is 0 Å². The Morgan fingerprint density at radius 1 is 1.50 bits per heavy atom. The smallest absolute Gasteiger partial charge is 0.306 e. The van der Waals surface area contributed by atoms with Gasteiger partial charge in [-0.3, -0.25) is 9.59 Å². The van der Waals surface area contributed by atoms with E-state index >= 15 is 0 Å². The lowest BCUT2D eigenvalue weighted by molar-refractivity contribution is -0.143. The number of piperidine rings is 1. The minimum Gasteiger partial charge on any atom is -0.481 e. The van der Waals surface area contributed by atoms with Crippen molar-refractivity contribution in [1.82, 2.24) is 5.32 Å². The fourth-order valence-electron chi connectivity index (χ4n) is 1.77. The summed E-state index contributed by atoms with van der Waals surface area (Å²) in [5, 5.41) is 12.0. The Labute approximate surface area is 82.7 Å². The lowest BCUT2D eigenvalue weighted by Crippen LogP contribution is -2.40. The van der Waals surface area contributed by atoms with Gasteiger partial charge in [-0.05, 0) is 25.8 Å². The highest BCUT2D eigenvalue weighted by Gasteiger charge is 2.26. The topological polar surface area (TPSA) is 92.4 Å². The number of carboxylic acid groups (broad SMARTS) is 1. The van der Waals surface area contributed by atoms with Gasteiger partial charge < -0.3 is 16.2 Å². The van der Waals surface area contributed by atoms with Crippen molar-refractivity contribution < 1.29 is 14.7 Å². The number of nitrogens with one attached hydrogen (secondary N) is 1. The van der Waals surface area contributed by atoms with E-state index in [0.29, 0.717) is 32.2 Å². The zero-order valence-corrected chi connectivity index (χ0v) is 8.03. The van der Waals surface area contributed by atoms with Gasteiger partial charge in [0.1, 0.15) is 0 Å². The monoisotopic (exact) mass is 200 g/mol. The molecule has 2 unspecified atom stereocenters. The summed E-state index contributed by atoms with van der Waals surface area (Å²) in [6.07, 6.45) is 2.23. The summed E-state index contributed by atoms with van der Waals surface area (Å²) in [4.78, 5) is 21.3. The van der Waals surface area contributed by atoms with Crippen LogP contribution in [0, 0.1) is 5.92 Å².